The summed E-state index contributed by atoms with van der Waals surface area (Å²) < 4.78 is 0. The van der Waals surface area contributed by atoms with Gasteiger partial charge in [-0.1, -0.05) is 38.5 Å². The van der Waals surface area contributed by atoms with Gasteiger partial charge in [-0.15, -0.1) is 0 Å². The van der Waals surface area contributed by atoms with Gasteiger partial charge in [0.1, 0.15) is 6.54 Å². The van der Waals surface area contributed by atoms with Gasteiger partial charge in [0.25, 0.3) is 0 Å². The Hall–Kier alpha value is -1.06. The first-order chi connectivity index (χ1) is 9.18. The fourth-order valence-electron chi connectivity index (χ4n) is 3.51. The van der Waals surface area contributed by atoms with Gasteiger partial charge in [0.05, 0.1) is 0 Å². The Bertz CT molecular complexity index is 315. The lowest BCUT2D eigenvalue weighted by Crippen LogP contribution is -2.45. The summed E-state index contributed by atoms with van der Waals surface area (Å²) in [6.07, 6.45) is 10.8. The van der Waals surface area contributed by atoms with E-state index in [0.29, 0.717) is 0 Å². The number of nitrogens with zero attached hydrogens (tertiary/aromatic N) is 1. The van der Waals surface area contributed by atoms with Crippen LogP contribution in [0, 0.1) is 5.92 Å². The van der Waals surface area contributed by atoms with Crippen LogP contribution in [0.3, 0.4) is 0 Å². The lowest BCUT2D eigenvalue weighted by Gasteiger charge is -2.30. The quantitative estimate of drug-likeness (QED) is 0.797. The van der Waals surface area contributed by atoms with Crippen molar-refractivity contribution in [3.05, 3.63) is 0 Å². The highest BCUT2D eigenvalue weighted by Crippen LogP contribution is 2.29. The van der Waals surface area contributed by atoms with Gasteiger partial charge in [-0.2, -0.15) is 0 Å². The van der Waals surface area contributed by atoms with Gasteiger partial charge in [0, 0.05) is 12.0 Å². The molecular formula is C15H25NO3. The number of hydrogen-bond acceptors (Lipinski definition) is 2. The number of aliphatic carboxylic acids is 1. The highest BCUT2D eigenvalue weighted by Gasteiger charge is 2.32. The van der Waals surface area contributed by atoms with Crippen LogP contribution < -0.4 is 0 Å². The van der Waals surface area contributed by atoms with Crippen LogP contribution >= 0.6 is 0 Å². The molecule has 4 nitrogen and oxygen atoms in total. The predicted molar refractivity (Wildman–Crippen MR) is 72.8 cm³/mol. The Morgan fingerprint density at radius 3 is 1.95 bits per heavy atom. The Labute approximate surface area is 115 Å². The SMILES string of the molecule is O=C(O)CN(C(=O)C1CCCCCC1)C1CCCC1. The third kappa shape index (κ3) is 3.95. The Morgan fingerprint density at radius 1 is 0.895 bits per heavy atom. The number of rotatable bonds is 4. The summed E-state index contributed by atoms with van der Waals surface area (Å²) in [4.78, 5) is 25.3. The molecule has 0 aromatic rings. The minimum absolute atomic E-state index is 0.0717. The fraction of sp³-hybridized carbons (Fsp3) is 0.867. The minimum atomic E-state index is -0.881. The average molecular weight is 267 g/mol. The molecular weight excluding hydrogens is 242 g/mol. The molecule has 2 rings (SSSR count). The van der Waals surface area contributed by atoms with Crippen molar-refractivity contribution in [3.63, 3.8) is 0 Å². The largest absolute Gasteiger partial charge is 0.480 e. The average Bonchev–Trinajstić information content (AvgIpc) is 2.77. The van der Waals surface area contributed by atoms with Gasteiger partial charge >= 0.3 is 5.97 Å². The van der Waals surface area contributed by atoms with E-state index in [0.717, 1.165) is 51.4 Å². The van der Waals surface area contributed by atoms with Crippen molar-refractivity contribution in [2.75, 3.05) is 6.54 Å². The number of carboxylic acids is 1. The zero-order valence-corrected chi connectivity index (χ0v) is 11.6. The van der Waals surface area contributed by atoms with E-state index in [1.165, 1.54) is 12.8 Å². The second-order valence-electron chi connectivity index (χ2n) is 5.99. The van der Waals surface area contributed by atoms with Crippen LogP contribution in [-0.2, 0) is 9.59 Å². The molecule has 0 radical (unpaired) electrons. The van der Waals surface area contributed by atoms with Gasteiger partial charge in [-0.05, 0) is 25.7 Å². The number of amides is 1. The molecule has 2 aliphatic rings. The van der Waals surface area contributed by atoms with E-state index in [9.17, 15) is 9.59 Å². The van der Waals surface area contributed by atoms with E-state index in [2.05, 4.69) is 0 Å². The normalized spacial score (nSPS) is 22.1. The van der Waals surface area contributed by atoms with Crippen LogP contribution in [-0.4, -0.2) is 34.5 Å². The van der Waals surface area contributed by atoms with Crippen LogP contribution in [0.4, 0.5) is 0 Å². The summed E-state index contributed by atoms with van der Waals surface area (Å²) in [6, 6.07) is 0.173. The molecule has 0 bridgehead atoms. The number of hydrogen-bond donors (Lipinski definition) is 1. The zero-order chi connectivity index (χ0) is 13.7. The summed E-state index contributed by atoms with van der Waals surface area (Å²) in [5.41, 5.74) is 0. The maximum Gasteiger partial charge on any atom is 0.323 e. The minimum Gasteiger partial charge on any atom is -0.480 e. The summed E-state index contributed by atoms with van der Waals surface area (Å²) in [7, 11) is 0. The first-order valence-corrected chi connectivity index (χ1v) is 7.71. The van der Waals surface area contributed by atoms with E-state index < -0.39 is 5.97 Å². The van der Waals surface area contributed by atoms with E-state index >= 15 is 0 Å². The van der Waals surface area contributed by atoms with Crippen molar-refractivity contribution >= 4 is 11.9 Å². The van der Waals surface area contributed by atoms with Crippen LogP contribution in [0.25, 0.3) is 0 Å². The molecule has 0 unspecified atom stereocenters. The second kappa shape index (κ2) is 6.92. The number of carbonyl (C=O) groups excluding carboxylic acids is 1. The van der Waals surface area contributed by atoms with E-state index in [1.807, 2.05) is 0 Å². The lowest BCUT2D eigenvalue weighted by atomic mass is 9.97. The van der Waals surface area contributed by atoms with Gasteiger partial charge < -0.3 is 10.0 Å². The zero-order valence-electron chi connectivity index (χ0n) is 11.6. The smallest absolute Gasteiger partial charge is 0.323 e. The van der Waals surface area contributed by atoms with Crippen LogP contribution in [0.2, 0.25) is 0 Å². The molecule has 2 aliphatic carbocycles. The second-order valence-corrected chi connectivity index (χ2v) is 5.99. The van der Waals surface area contributed by atoms with Gasteiger partial charge in [0.2, 0.25) is 5.91 Å². The molecule has 0 spiro atoms. The van der Waals surface area contributed by atoms with Crippen molar-refractivity contribution in [1.82, 2.24) is 4.90 Å². The van der Waals surface area contributed by atoms with Crippen molar-refractivity contribution in [1.29, 1.82) is 0 Å². The summed E-state index contributed by atoms with van der Waals surface area (Å²) in [5, 5.41) is 9.05. The molecule has 0 heterocycles. The molecule has 2 fully saturated rings. The molecule has 1 amide bonds. The van der Waals surface area contributed by atoms with E-state index in [4.69, 9.17) is 5.11 Å². The monoisotopic (exact) mass is 267 g/mol. The molecule has 0 aromatic heterocycles. The first kappa shape index (κ1) is 14.4. The van der Waals surface area contributed by atoms with E-state index in [1.54, 1.807) is 4.90 Å². The Morgan fingerprint density at radius 2 is 1.42 bits per heavy atom. The Balaban J connectivity index is 2.02. The fourth-order valence-corrected chi connectivity index (χ4v) is 3.51. The van der Waals surface area contributed by atoms with Gasteiger partial charge in [0.15, 0.2) is 0 Å². The van der Waals surface area contributed by atoms with Gasteiger partial charge in [-0.3, -0.25) is 9.59 Å². The number of carboxylic acid groups (broad SMARTS) is 1. The predicted octanol–water partition coefficient (Wildman–Crippen LogP) is 2.81. The van der Waals surface area contributed by atoms with Crippen molar-refractivity contribution in [2.45, 2.75) is 70.3 Å². The molecule has 108 valence electrons. The molecule has 1 N–H and O–H groups in total. The third-order valence-electron chi connectivity index (χ3n) is 4.56. The van der Waals surface area contributed by atoms with Crippen LogP contribution in [0.15, 0.2) is 0 Å². The van der Waals surface area contributed by atoms with Gasteiger partial charge in [-0.25, -0.2) is 0 Å². The van der Waals surface area contributed by atoms with Crippen LogP contribution in [0.1, 0.15) is 64.2 Å². The molecule has 0 aromatic carbocycles. The molecule has 4 heteroatoms. The first-order valence-electron chi connectivity index (χ1n) is 7.71. The van der Waals surface area contributed by atoms with Crippen LogP contribution in [0.5, 0.6) is 0 Å². The lowest BCUT2D eigenvalue weighted by molar-refractivity contribution is -0.148. The molecule has 19 heavy (non-hydrogen) atoms. The summed E-state index contributed by atoms with van der Waals surface area (Å²) in [5.74, 6) is -0.701. The topological polar surface area (TPSA) is 57.6 Å². The Kier molecular flexibility index (Phi) is 5.23. The summed E-state index contributed by atoms with van der Waals surface area (Å²) in [6.45, 7) is -0.111. The molecule has 0 aliphatic heterocycles. The third-order valence-corrected chi connectivity index (χ3v) is 4.56. The summed E-state index contributed by atoms with van der Waals surface area (Å²) >= 11 is 0. The van der Waals surface area contributed by atoms with Crippen molar-refractivity contribution in [3.8, 4) is 0 Å². The maximum absolute atomic E-state index is 12.6. The van der Waals surface area contributed by atoms with Crippen molar-refractivity contribution < 1.29 is 14.7 Å². The van der Waals surface area contributed by atoms with E-state index in [-0.39, 0.29) is 24.4 Å². The highest BCUT2D eigenvalue weighted by molar-refractivity contribution is 5.83. The molecule has 2 saturated carbocycles. The van der Waals surface area contributed by atoms with Crippen molar-refractivity contribution in [2.24, 2.45) is 5.92 Å². The maximum atomic E-state index is 12.6. The number of carbonyl (C=O) groups is 2. The molecule has 0 saturated heterocycles. The highest BCUT2D eigenvalue weighted by atomic mass is 16.4. The standard InChI is InChI=1S/C15H25NO3/c17-14(18)11-16(13-9-5-6-10-13)15(19)12-7-3-1-2-4-8-12/h12-13H,1-11H2,(H,17,18). The molecule has 0 atom stereocenters.